The average Bonchev–Trinajstić information content (AvgIpc) is 2.71. The predicted molar refractivity (Wildman–Crippen MR) is 53.1 cm³/mol. The van der Waals surface area contributed by atoms with Crippen LogP contribution < -0.4 is 0 Å². The van der Waals surface area contributed by atoms with Gasteiger partial charge in [0.25, 0.3) is 0 Å². The Balaban J connectivity index is 2.26. The number of nitriles is 1. The van der Waals surface area contributed by atoms with Gasteiger partial charge in [0.2, 0.25) is 5.90 Å². The van der Waals surface area contributed by atoms with Crippen molar-refractivity contribution in [2.45, 2.75) is 6.42 Å². The summed E-state index contributed by atoms with van der Waals surface area (Å²) in [6, 6.07) is 9.88. The third-order valence-electron chi connectivity index (χ3n) is 2.04. The van der Waals surface area contributed by atoms with E-state index in [1.54, 1.807) is 0 Å². The third kappa shape index (κ3) is 1.74. The normalized spacial score (nSPS) is 14.4. The minimum absolute atomic E-state index is 0.432. The highest BCUT2D eigenvalue weighted by Crippen LogP contribution is 2.10. The highest BCUT2D eigenvalue weighted by atomic mass is 16.5. The van der Waals surface area contributed by atoms with E-state index in [0.717, 1.165) is 17.7 Å². The molecule has 0 saturated carbocycles. The summed E-state index contributed by atoms with van der Waals surface area (Å²) < 4.78 is 5.34. The van der Waals surface area contributed by atoms with Gasteiger partial charge in [0.05, 0.1) is 19.0 Å². The van der Waals surface area contributed by atoms with Crippen molar-refractivity contribution in [2.75, 3.05) is 13.2 Å². The van der Waals surface area contributed by atoms with Crippen molar-refractivity contribution >= 4 is 5.90 Å². The number of benzene rings is 1. The lowest BCUT2D eigenvalue weighted by Crippen LogP contribution is -2.01. The standard InChI is InChI=1S/C11H10N2O/c12-5-4-9-2-1-3-10(8-9)11-13-6-7-14-11/h1-3,8H,4,6-7H2. The molecular formula is C11H10N2O. The van der Waals surface area contributed by atoms with Crippen LogP contribution >= 0.6 is 0 Å². The molecule has 3 nitrogen and oxygen atoms in total. The van der Waals surface area contributed by atoms with Crippen molar-refractivity contribution in [1.29, 1.82) is 5.26 Å². The van der Waals surface area contributed by atoms with E-state index in [1.807, 2.05) is 24.3 Å². The van der Waals surface area contributed by atoms with Crippen molar-refractivity contribution in [1.82, 2.24) is 0 Å². The number of nitrogens with zero attached hydrogens (tertiary/aromatic N) is 2. The van der Waals surface area contributed by atoms with Crippen LogP contribution in [0.4, 0.5) is 0 Å². The van der Waals surface area contributed by atoms with Crippen molar-refractivity contribution in [3.63, 3.8) is 0 Å². The smallest absolute Gasteiger partial charge is 0.216 e. The van der Waals surface area contributed by atoms with Gasteiger partial charge in [0, 0.05) is 5.56 Å². The van der Waals surface area contributed by atoms with Crippen LogP contribution in [0.15, 0.2) is 29.3 Å². The molecule has 0 bridgehead atoms. The van der Waals surface area contributed by atoms with Gasteiger partial charge in [-0.05, 0) is 17.7 Å². The maximum atomic E-state index is 8.56. The fraction of sp³-hybridized carbons (Fsp3) is 0.273. The van der Waals surface area contributed by atoms with Gasteiger partial charge in [0.15, 0.2) is 0 Å². The highest BCUT2D eigenvalue weighted by Gasteiger charge is 2.09. The van der Waals surface area contributed by atoms with Crippen molar-refractivity contribution in [2.24, 2.45) is 4.99 Å². The Bertz CT molecular complexity index is 404. The number of hydrogen-bond acceptors (Lipinski definition) is 3. The molecule has 1 aliphatic rings. The number of rotatable bonds is 2. The summed E-state index contributed by atoms with van der Waals surface area (Å²) in [7, 11) is 0. The minimum atomic E-state index is 0.432. The van der Waals surface area contributed by atoms with Crippen LogP contribution in [0, 0.1) is 11.3 Å². The fourth-order valence-electron chi connectivity index (χ4n) is 1.42. The summed E-state index contributed by atoms with van der Waals surface area (Å²) in [4.78, 5) is 4.22. The number of hydrogen-bond donors (Lipinski definition) is 0. The molecule has 0 saturated heterocycles. The molecule has 1 aromatic carbocycles. The van der Waals surface area contributed by atoms with Crippen LogP contribution in [0.25, 0.3) is 0 Å². The van der Waals surface area contributed by atoms with Crippen molar-refractivity contribution < 1.29 is 4.74 Å². The Kier molecular flexibility index (Phi) is 2.46. The third-order valence-corrected chi connectivity index (χ3v) is 2.04. The fourth-order valence-corrected chi connectivity index (χ4v) is 1.42. The van der Waals surface area contributed by atoms with Crippen molar-refractivity contribution in [3.05, 3.63) is 35.4 Å². The van der Waals surface area contributed by atoms with E-state index in [9.17, 15) is 0 Å². The summed E-state index contributed by atoms with van der Waals surface area (Å²) in [5.74, 6) is 0.699. The second-order valence-corrected chi connectivity index (χ2v) is 3.07. The second kappa shape index (κ2) is 3.93. The first-order valence-electron chi connectivity index (χ1n) is 4.53. The molecule has 0 aromatic heterocycles. The van der Waals surface area contributed by atoms with E-state index in [-0.39, 0.29) is 0 Å². The van der Waals surface area contributed by atoms with Crippen LogP contribution in [0.3, 0.4) is 0 Å². The van der Waals surface area contributed by atoms with E-state index in [0.29, 0.717) is 18.9 Å². The molecule has 1 aliphatic heterocycles. The van der Waals surface area contributed by atoms with Crippen LogP contribution in [-0.2, 0) is 11.2 Å². The van der Waals surface area contributed by atoms with Crippen LogP contribution in [-0.4, -0.2) is 19.0 Å². The van der Waals surface area contributed by atoms with Gasteiger partial charge in [-0.1, -0.05) is 12.1 Å². The van der Waals surface area contributed by atoms with Crippen LogP contribution in [0.2, 0.25) is 0 Å². The Hall–Kier alpha value is -1.82. The Morgan fingerprint density at radius 2 is 2.43 bits per heavy atom. The zero-order valence-electron chi connectivity index (χ0n) is 7.73. The second-order valence-electron chi connectivity index (χ2n) is 3.07. The first-order valence-corrected chi connectivity index (χ1v) is 4.53. The van der Waals surface area contributed by atoms with Crippen molar-refractivity contribution in [3.8, 4) is 6.07 Å². The first kappa shape index (κ1) is 8.76. The van der Waals surface area contributed by atoms with Gasteiger partial charge in [-0.25, -0.2) is 4.99 Å². The highest BCUT2D eigenvalue weighted by molar-refractivity contribution is 5.95. The molecule has 0 atom stereocenters. The van der Waals surface area contributed by atoms with Gasteiger partial charge in [0.1, 0.15) is 6.61 Å². The largest absolute Gasteiger partial charge is 0.476 e. The topological polar surface area (TPSA) is 45.4 Å². The lowest BCUT2D eigenvalue weighted by atomic mass is 10.1. The molecule has 0 radical (unpaired) electrons. The first-order chi connectivity index (χ1) is 6.90. The SMILES string of the molecule is N#CCc1cccc(C2=NCCO2)c1. The average molecular weight is 186 g/mol. The molecule has 0 unspecified atom stereocenters. The molecular weight excluding hydrogens is 176 g/mol. The van der Waals surface area contributed by atoms with E-state index < -0.39 is 0 Å². The number of ether oxygens (including phenoxy) is 1. The maximum absolute atomic E-state index is 8.56. The zero-order valence-corrected chi connectivity index (χ0v) is 7.73. The quantitative estimate of drug-likeness (QED) is 0.703. The molecule has 0 spiro atoms. The summed E-state index contributed by atoms with van der Waals surface area (Å²) in [5.41, 5.74) is 1.97. The molecule has 0 amide bonds. The summed E-state index contributed by atoms with van der Waals surface area (Å²) in [6.07, 6.45) is 0.432. The zero-order chi connectivity index (χ0) is 9.80. The Morgan fingerprint density at radius 3 is 3.14 bits per heavy atom. The van der Waals surface area contributed by atoms with Crippen LogP contribution in [0.5, 0.6) is 0 Å². The summed E-state index contributed by atoms with van der Waals surface area (Å²) >= 11 is 0. The predicted octanol–water partition coefficient (Wildman–Crippen LogP) is 1.53. The van der Waals surface area contributed by atoms with E-state index >= 15 is 0 Å². The molecule has 0 aliphatic carbocycles. The molecule has 2 rings (SSSR count). The molecule has 0 N–H and O–H groups in total. The maximum Gasteiger partial charge on any atom is 0.216 e. The number of aliphatic imine (C=N–C) groups is 1. The molecule has 1 heterocycles. The van der Waals surface area contributed by atoms with Gasteiger partial charge >= 0.3 is 0 Å². The molecule has 1 aromatic rings. The van der Waals surface area contributed by atoms with Gasteiger partial charge < -0.3 is 4.74 Å². The minimum Gasteiger partial charge on any atom is -0.476 e. The summed E-state index contributed by atoms with van der Waals surface area (Å²) in [5, 5.41) is 8.56. The van der Waals surface area contributed by atoms with Crippen LogP contribution in [0.1, 0.15) is 11.1 Å². The molecule has 0 fully saturated rings. The van der Waals surface area contributed by atoms with E-state index in [1.165, 1.54) is 0 Å². The van der Waals surface area contributed by atoms with E-state index in [4.69, 9.17) is 10.00 Å². The van der Waals surface area contributed by atoms with Gasteiger partial charge in [-0.2, -0.15) is 5.26 Å². The van der Waals surface area contributed by atoms with E-state index in [2.05, 4.69) is 11.1 Å². The van der Waals surface area contributed by atoms with Gasteiger partial charge in [-0.3, -0.25) is 0 Å². The molecule has 70 valence electrons. The summed E-state index contributed by atoms with van der Waals surface area (Å²) in [6.45, 7) is 1.40. The Labute approximate surface area is 82.7 Å². The van der Waals surface area contributed by atoms with Gasteiger partial charge in [-0.15, -0.1) is 0 Å². The Morgan fingerprint density at radius 1 is 1.50 bits per heavy atom. The monoisotopic (exact) mass is 186 g/mol. The molecule has 3 heteroatoms. The molecule has 14 heavy (non-hydrogen) atoms. The lowest BCUT2D eigenvalue weighted by Gasteiger charge is -2.02. The lowest BCUT2D eigenvalue weighted by molar-refractivity contribution is 0.348.